The Morgan fingerprint density at radius 2 is 2.24 bits per heavy atom. The molecule has 0 spiro atoms. The summed E-state index contributed by atoms with van der Waals surface area (Å²) in [5, 5.41) is 17.2. The van der Waals surface area contributed by atoms with E-state index in [1.54, 1.807) is 0 Å². The first-order valence-corrected chi connectivity index (χ1v) is 6.61. The van der Waals surface area contributed by atoms with Crippen molar-refractivity contribution in [1.82, 2.24) is 15.1 Å². The van der Waals surface area contributed by atoms with E-state index in [4.69, 9.17) is 0 Å². The first kappa shape index (κ1) is 12.6. The molecule has 1 aliphatic rings. The summed E-state index contributed by atoms with van der Waals surface area (Å²) in [5.74, 6) is 0. The minimum Gasteiger partial charge on any atom is -0.396 e. The maximum absolute atomic E-state index is 9.50. The zero-order valence-corrected chi connectivity index (χ0v) is 10.7. The minimum absolute atomic E-state index is 0.140. The van der Waals surface area contributed by atoms with Crippen LogP contribution in [0.1, 0.15) is 38.2 Å². The lowest BCUT2D eigenvalue weighted by Crippen LogP contribution is -2.34. The molecule has 0 amide bonds. The molecule has 0 unspecified atom stereocenters. The number of nitrogens with zero attached hydrogens (tertiary/aromatic N) is 2. The monoisotopic (exact) mass is 237 g/mol. The number of hydrogen-bond acceptors (Lipinski definition) is 3. The molecule has 1 saturated carbocycles. The lowest BCUT2D eigenvalue weighted by molar-refractivity contribution is 0.128. The third kappa shape index (κ3) is 3.07. The largest absolute Gasteiger partial charge is 0.396 e. The molecule has 0 atom stereocenters. The van der Waals surface area contributed by atoms with Gasteiger partial charge in [0.25, 0.3) is 0 Å². The topological polar surface area (TPSA) is 50.1 Å². The fourth-order valence-corrected chi connectivity index (χ4v) is 2.66. The lowest BCUT2D eigenvalue weighted by atomic mass is 9.87. The van der Waals surface area contributed by atoms with Crippen LogP contribution in [0.5, 0.6) is 0 Å². The van der Waals surface area contributed by atoms with Gasteiger partial charge in [-0.05, 0) is 19.8 Å². The van der Waals surface area contributed by atoms with Gasteiger partial charge in [0.1, 0.15) is 0 Å². The summed E-state index contributed by atoms with van der Waals surface area (Å²) in [6, 6.07) is 0. The Balaban J connectivity index is 1.78. The van der Waals surface area contributed by atoms with E-state index in [1.165, 1.54) is 18.4 Å². The van der Waals surface area contributed by atoms with Gasteiger partial charge < -0.3 is 10.4 Å². The fourth-order valence-electron chi connectivity index (χ4n) is 2.66. The van der Waals surface area contributed by atoms with E-state index < -0.39 is 0 Å². The molecule has 0 saturated heterocycles. The summed E-state index contributed by atoms with van der Waals surface area (Å²) in [7, 11) is 0. The first-order chi connectivity index (χ1) is 8.28. The summed E-state index contributed by atoms with van der Waals surface area (Å²) in [5.41, 5.74) is 1.36. The summed E-state index contributed by atoms with van der Waals surface area (Å²) in [4.78, 5) is 0. The number of hydrogen-bond donors (Lipinski definition) is 2. The molecule has 1 aromatic rings. The molecule has 2 rings (SSSR count). The maximum Gasteiger partial charge on any atom is 0.0534 e. The number of nitrogens with one attached hydrogen (secondary N) is 1. The molecule has 0 aromatic carbocycles. The molecule has 1 aliphatic carbocycles. The van der Waals surface area contributed by atoms with Crippen LogP contribution >= 0.6 is 0 Å². The highest BCUT2D eigenvalue weighted by Gasteiger charge is 2.32. The molecular weight excluding hydrogens is 214 g/mol. The van der Waals surface area contributed by atoms with Crippen molar-refractivity contribution >= 4 is 0 Å². The molecule has 1 aromatic heterocycles. The molecule has 1 heterocycles. The van der Waals surface area contributed by atoms with Gasteiger partial charge in [-0.1, -0.05) is 12.8 Å². The van der Waals surface area contributed by atoms with E-state index in [9.17, 15) is 5.11 Å². The Kier molecular flexibility index (Phi) is 4.18. The van der Waals surface area contributed by atoms with Gasteiger partial charge in [0.15, 0.2) is 0 Å². The highest BCUT2D eigenvalue weighted by Crippen LogP contribution is 2.36. The summed E-state index contributed by atoms with van der Waals surface area (Å²) in [6.07, 6.45) is 8.82. The van der Waals surface area contributed by atoms with Gasteiger partial charge in [0.05, 0.1) is 6.20 Å². The summed E-state index contributed by atoms with van der Waals surface area (Å²) >= 11 is 0. The van der Waals surface area contributed by atoms with Crippen LogP contribution in [0.3, 0.4) is 0 Å². The number of aliphatic hydroxyl groups is 1. The van der Waals surface area contributed by atoms with E-state index in [2.05, 4.69) is 23.5 Å². The molecule has 17 heavy (non-hydrogen) atoms. The van der Waals surface area contributed by atoms with Crippen LogP contribution in [0, 0.1) is 5.41 Å². The Bertz CT molecular complexity index is 342. The second kappa shape index (κ2) is 5.65. The lowest BCUT2D eigenvalue weighted by Gasteiger charge is -2.26. The highest BCUT2D eigenvalue weighted by molar-refractivity contribution is 5.03. The van der Waals surface area contributed by atoms with Gasteiger partial charge in [-0.2, -0.15) is 5.10 Å². The van der Waals surface area contributed by atoms with Crippen molar-refractivity contribution in [2.45, 2.75) is 45.7 Å². The molecule has 0 radical (unpaired) electrons. The Morgan fingerprint density at radius 3 is 2.82 bits per heavy atom. The molecular formula is C13H23N3O. The van der Waals surface area contributed by atoms with Crippen molar-refractivity contribution in [3.63, 3.8) is 0 Å². The van der Waals surface area contributed by atoms with Crippen LogP contribution in [0.2, 0.25) is 0 Å². The molecule has 1 fully saturated rings. The number of aromatic nitrogens is 2. The molecule has 0 aliphatic heterocycles. The zero-order chi connectivity index (χ0) is 12.1. The summed E-state index contributed by atoms with van der Waals surface area (Å²) in [6.45, 7) is 5.08. The average Bonchev–Trinajstić information content (AvgIpc) is 2.98. The van der Waals surface area contributed by atoms with Crippen LogP contribution in [-0.2, 0) is 13.1 Å². The molecule has 4 heteroatoms. The van der Waals surface area contributed by atoms with Crippen LogP contribution < -0.4 is 5.32 Å². The van der Waals surface area contributed by atoms with Crippen LogP contribution in [-0.4, -0.2) is 28.0 Å². The van der Waals surface area contributed by atoms with Crippen molar-refractivity contribution in [3.05, 3.63) is 18.0 Å². The van der Waals surface area contributed by atoms with Gasteiger partial charge in [0, 0.05) is 43.4 Å². The molecule has 0 bridgehead atoms. The number of aliphatic hydroxyl groups excluding tert-OH is 1. The normalized spacial score (nSPS) is 18.7. The predicted molar refractivity (Wildman–Crippen MR) is 67.6 cm³/mol. The summed E-state index contributed by atoms with van der Waals surface area (Å²) < 4.78 is 1.94. The maximum atomic E-state index is 9.50. The third-order valence-corrected chi connectivity index (χ3v) is 3.84. The van der Waals surface area contributed by atoms with Gasteiger partial charge in [-0.15, -0.1) is 0 Å². The Labute approximate surface area is 103 Å². The van der Waals surface area contributed by atoms with E-state index in [-0.39, 0.29) is 5.41 Å². The van der Waals surface area contributed by atoms with Crippen molar-refractivity contribution < 1.29 is 5.11 Å². The predicted octanol–water partition coefficient (Wildman–Crippen LogP) is 1.55. The van der Waals surface area contributed by atoms with E-state index >= 15 is 0 Å². The Morgan fingerprint density at radius 1 is 1.47 bits per heavy atom. The van der Waals surface area contributed by atoms with Crippen LogP contribution in [0.4, 0.5) is 0 Å². The van der Waals surface area contributed by atoms with Gasteiger partial charge in [-0.25, -0.2) is 0 Å². The van der Waals surface area contributed by atoms with Gasteiger partial charge in [-0.3, -0.25) is 4.68 Å². The second-order valence-corrected chi connectivity index (χ2v) is 5.17. The van der Waals surface area contributed by atoms with Crippen molar-refractivity contribution in [2.24, 2.45) is 5.41 Å². The Hall–Kier alpha value is -0.870. The van der Waals surface area contributed by atoms with E-state index in [0.717, 1.165) is 32.5 Å². The van der Waals surface area contributed by atoms with Crippen molar-refractivity contribution in [2.75, 3.05) is 13.2 Å². The van der Waals surface area contributed by atoms with Crippen LogP contribution in [0.15, 0.2) is 12.4 Å². The quantitative estimate of drug-likeness (QED) is 0.789. The standard InChI is InChI=1S/C13H23N3O/c1-2-16-9-12(8-15-16)7-14-10-13(11-17)5-3-4-6-13/h8-9,14,17H,2-7,10-11H2,1H3. The average molecular weight is 237 g/mol. The fraction of sp³-hybridized carbons (Fsp3) is 0.769. The van der Waals surface area contributed by atoms with Crippen molar-refractivity contribution in [1.29, 1.82) is 0 Å². The first-order valence-electron chi connectivity index (χ1n) is 6.61. The van der Waals surface area contributed by atoms with Gasteiger partial charge in [0.2, 0.25) is 0 Å². The van der Waals surface area contributed by atoms with Crippen LogP contribution in [0.25, 0.3) is 0 Å². The van der Waals surface area contributed by atoms with E-state index in [0.29, 0.717) is 6.61 Å². The smallest absolute Gasteiger partial charge is 0.0534 e. The number of rotatable bonds is 6. The SMILES string of the molecule is CCn1cc(CNCC2(CO)CCCC2)cn1. The molecule has 4 nitrogen and oxygen atoms in total. The second-order valence-electron chi connectivity index (χ2n) is 5.17. The number of aryl methyl sites for hydroxylation is 1. The molecule has 2 N–H and O–H groups in total. The third-order valence-electron chi connectivity index (χ3n) is 3.84. The molecule has 96 valence electrons. The van der Waals surface area contributed by atoms with Crippen molar-refractivity contribution in [3.8, 4) is 0 Å². The van der Waals surface area contributed by atoms with Gasteiger partial charge >= 0.3 is 0 Å². The zero-order valence-electron chi connectivity index (χ0n) is 10.7. The minimum atomic E-state index is 0.140. The highest BCUT2D eigenvalue weighted by atomic mass is 16.3. The van der Waals surface area contributed by atoms with E-state index in [1.807, 2.05) is 10.9 Å².